The van der Waals surface area contributed by atoms with Gasteiger partial charge in [0.1, 0.15) is 0 Å². The number of morpholine rings is 1. The Balaban J connectivity index is 1.93. The zero-order valence-electron chi connectivity index (χ0n) is 9.49. The molecule has 0 bridgehead atoms. The van der Waals surface area contributed by atoms with Crippen LogP contribution in [0.3, 0.4) is 0 Å². The molecule has 5 heteroatoms. The number of alkyl halides is 1. The van der Waals surface area contributed by atoms with Crippen molar-refractivity contribution >= 4 is 17.5 Å². The highest BCUT2D eigenvalue weighted by Crippen LogP contribution is 2.07. The average Bonchev–Trinajstić information content (AvgIpc) is 2.40. The third-order valence-electron chi connectivity index (χ3n) is 2.64. The Labute approximate surface area is 105 Å². The van der Waals surface area contributed by atoms with Crippen LogP contribution < -0.4 is 5.43 Å². The first-order valence-electron chi connectivity index (χ1n) is 5.58. The number of amides is 1. The van der Waals surface area contributed by atoms with E-state index in [1.165, 1.54) is 0 Å². The lowest BCUT2D eigenvalue weighted by Crippen LogP contribution is -2.48. The van der Waals surface area contributed by atoms with Crippen LogP contribution in [0.15, 0.2) is 24.3 Å². The quantitative estimate of drug-likeness (QED) is 0.830. The molecular weight excluding hydrogens is 240 g/mol. The number of hydrazine groups is 1. The van der Waals surface area contributed by atoms with Crippen LogP contribution in [0, 0.1) is 0 Å². The normalized spacial score (nSPS) is 16.8. The predicted octanol–water partition coefficient (Wildman–Crippen LogP) is 1.40. The van der Waals surface area contributed by atoms with Crippen LogP contribution in [0.4, 0.5) is 0 Å². The SMILES string of the molecule is O=C(NN1CCOCC1)c1ccc(CCl)cc1. The lowest BCUT2D eigenvalue weighted by molar-refractivity contribution is 0.0126. The summed E-state index contributed by atoms with van der Waals surface area (Å²) in [5, 5.41) is 1.88. The molecule has 0 atom stereocenters. The van der Waals surface area contributed by atoms with Crippen LogP contribution in [-0.4, -0.2) is 37.2 Å². The first kappa shape index (κ1) is 12.4. The molecule has 4 nitrogen and oxygen atoms in total. The van der Waals surface area contributed by atoms with Gasteiger partial charge in [0.25, 0.3) is 5.91 Å². The fourth-order valence-electron chi connectivity index (χ4n) is 1.63. The summed E-state index contributed by atoms with van der Waals surface area (Å²) in [7, 11) is 0. The van der Waals surface area contributed by atoms with Crippen molar-refractivity contribution < 1.29 is 9.53 Å². The Kier molecular flexibility index (Phi) is 4.36. The highest BCUT2D eigenvalue weighted by Gasteiger charge is 2.13. The van der Waals surface area contributed by atoms with Gasteiger partial charge < -0.3 is 4.74 Å². The smallest absolute Gasteiger partial charge is 0.265 e. The number of carbonyl (C=O) groups is 1. The number of ether oxygens (including phenoxy) is 1. The molecule has 1 heterocycles. The number of halogens is 1. The van der Waals surface area contributed by atoms with Crippen molar-refractivity contribution in [3.8, 4) is 0 Å². The van der Waals surface area contributed by atoms with Gasteiger partial charge in [-0.05, 0) is 17.7 Å². The first-order chi connectivity index (χ1) is 8.29. The lowest BCUT2D eigenvalue weighted by Gasteiger charge is -2.26. The Hall–Kier alpha value is -1.10. The minimum Gasteiger partial charge on any atom is -0.379 e. The molecule has 0 spiro atoms. The van der Waals surface area contributed by atoms with E-state index in [9.17, 15) is 4.79 Å². The largest absolute Gasteiger partial charge is 0.379 e. The number of nitrogens with one attached hydrogen (secondary N) is 1. The maximum atomic E-state index is 11.9. The van der Waals surface area contributed by atoms with Crippen LogP contribution in [0.2, 0.25) is 0 Å². The van der Waals surface area contributed by atoms with Crippen LogP contribution in [0.5, 0.6) is 0 Å². The molecule has 1 aromatic carbocycles. The van der Waals surface area contributed by atoms with E-state index in [0.717, 1.165) is 18.7 Å². The minimum atomic E-state index is -0.0898. The summed E-state index contributed by atoms with van der Waals surface area (Å²) >= 11 is 5.69. The fourth-order valence-corrected chi connectivity index (χ4v) is 1.81. The van der Waals surface area contributed by atoms with Crippen molar-refractivity contribution in [1.82, 2.24) is 10.4 Å². The van der Waals surface area contributed by atoms with Crippen molar-refractivity contribution in [3.05, 3.63) is 35.4 Å². The summed E-state index contributed by atoms with van der Waals surface area (Å²) in [6.45, 7) is 2.77. The van der Waals surface area contributed by atoms with E-state index < -0.39 is 0 Å². The predicted molar refractivity (Wildman–Crippen MR) is 65.9 cm³/mol. The molecule has 0 radical (unpaired) electrons. The number of nitrogens with zero attached hydrogens (tertiary/aromatic N) is 1. The Morgan fingerprint density at radius 1 is 1.29 bits per heavy atom. The Morgan fingerprint density at radius 2 is 1.94 bits per heavy atom. The standard InChI is InChI=1S/C12H15ClN2O2/c13-9-10-1-3-11(4-2-10)12(16)14-15-5-7-17-8-6-15/h1-4H,5-9H2,(H,14,16). The zero-order chi connectivity index (χ0) is 12.1. The topological polar surface area (TPSA) is 41.6 Å². The van der Waals surface area contributed by atoms with Gasteiger partial charge in [0.05, 0.1) is 13.2 Å². The molecule has 1 aliphatic heterocycles. The van der Waals surface area contributed by atoms with Crippen molar-refractivity contribution in [3.63, 3.8) is 0 Å². The number of carbonyl (C=O) groups excluding carboxylic acids is 1. The summed E-state index contributed by atoms with van der Waals surface area (Å²) < 4.78 is 5.21. The maximum absolute atomic E-state index is 11.9. The van der Waals surface area contributed by atoms with E-state index >= 15 is 0 Å². The summed E-state index contributed by atoms with van der Waals surface area (Å²) in [6, 6.07) is 7.30. The molecule has 0 saturated carbocycles. The Bertz CT molecular complexity index is 375. The molecule has 1 saturated heterocycles. The molecule has 2 rings (SSSR count). The highest BCUT2D eigenvalue weighted by molar-refractivity contribution is 6.17. The third-order valence-corrected chi connectivity index (χ3v) is 2.95. The number of benzene rings is 1. The summed E-state index contributed by atoms with van der Waals surface area (Å²) in [4.78, 5) is 11.9. The van der Waals surface area contributed by atoms with Crippen LogP contribution >= 0.6 is 11.6 Å². The highest BCUT2D eigenvalue weighted by atomic mass is 35.5. The lowest BCUT2D eigenvalue weighted by atomic mass is 10.1. The summed E-state index contributed by atoms with van der Waals surface area (Å²) in [5.74, 6) is 0.374. The van der Waals surface area contributed by atoms with Crippen LogP contribution in [0.25, 0.3) is 0 Å². The van der Waals surface area contributed by atoms with Gasteiger partial charge in [-0.1, -0.05) is 12.1 Å². The van der Waals surface area contributed by atoms with Crippen molar-refractivity contribution in [2.24, 2.45) is 0 Å². The van der Waals surface area contributed by atoms with Crippen LogP contribution in [0.1, 0.15) is 15.9 Å². The van der Waals surface area contributed by atoms with Gasteiger partial charge in [0.15, 0.2) is 0 Å². The van der Waals surface area contributed by atoms with Gasteiger partial charge in [-0.2, -0.15) is 0 Å². The number of hydrogen-bond acceptors (Lipinski definition) is 3. The van der Waals surface area contributed by atoms with Gasteiger partial charge in [-0.3, -0.25) is 10.2 Å². The molecule has 0 aliphatic carbocycles. The van der Waals surface area contributed by atoms with E-state index in [2.05, 4.69) is 5.43 Å². The molecule has 92 valence electrons. The zero-order valence-corrected chi connectivity index (χ0v) is 10.2. The summed E-state index contributed by atoms with van der Waals surface area (Å²) in [6.07, 6.45) is 0. The second-order valence-electron chi connectivity index (χ2n) is 3.87. The number of rotatable bonds is 3. The van der Waals surface area contributed by atoms with E-state index in [-0.39, 0.29) is 5.91 Å². The van der Waals surface area contributed by atoms with E-state index in [0.29, 0.717) is 24.7 Å². The van der Waals surface area contributed by atoms with Crippen molar-refractivity contribution in [1.29, 1.82) is 0 Å². The van der Waals surface area contributed by atoms with E-state index in [4.69, 9.17) is 16.3 Å². The fraction of sp³-hybridized carbons (Fsp3) is 0.417. The second kappa shape index (κ2) is 6.00. The van der Waals surface area contributed by atoms with Gasteiger partial charge in [0.2, 0.25) is 0 Å². The third kappa shape index (κ3) is 3.43. The molecule has 17 heavy (non-hydrogen) atoms. The van der Waals surface area contributed by atoms with Gasteiger partial charge in [0, 0.05) is 24.5 Å². The van der Waals surface area contributed by atoms with Gasteiger partial charge >= 0.3 is 0 Å². The molecule has 1 N–H and O–H groups in total. The summed E-state index contributed by atoms with van der Waals surface area (Å²) in [5.41, 5.74) is 4.51. The minimum absolute atomic E-state index is 0.0898. The van der Waals surface area contributed by atoms with Crippen LogP contribution in [-0.2, 0) is 10.6 Å². The first-order valence-corrected chi connectivity index (χ1v) is 6.11. The maximum Gasteiger partial charge on any atom is 0.265 e. The van der Waals surface area contributed by atoms with Crippen molar-refractivity contribution in [2.75, 3.05) is 26.3 Å². The Morgan fingerprint density at radius 3 is 2.53 bits per heavy atom. The van der Waals surface area contributed by atoms with E-state index in [1.807, 2.05) is 17.1 Å². The molecular formula is C12H15ClN2O2. The monoisotopic (exact) mass is 254 g/mol. The van der Waals surface area contributed by atoms with Gasteiger partial charge in [-0.15, -0.1) is 11.6 Å². The van der Waals surface area contributed by atoms with Crippen molar-refractivity contribution in [2.45, 2.75) is 5.88 Å². The molecule has 0 unspecified atom stereocenters. The average molecular weight is 255 g/mol. The molecule has 1 amide bonds. The number of hydrogen-bond donors (Lipinski definition) is 1. The molecule has 1 fully saturated rings. The molecule has 0 aromatic heterocycles. The second-order valence-corrected chi connectivity index (χ2v) is 4.14. The molecule has 1 aromatic rings. The van der Waals surface area contributed by atoms with Gasteiger partial charge in [-0.25, -0.2) is 5.01 Å². The molecule has 1 aliphatic rings. The van der Waals surface area contributed by atoms with E-state index in [1.54, 1.807) is 12.1 Å².